The molecule has 0 fully saturated rings. The average molecular weight is 457 g/mol. The molecule has 0 bridgehead atoms. The summed E-state index contributed by atoms with van der Waals surface area (Å²) in [5.41, 5.74) is 4.48. The number of hydrogen-bond donors (Lipinski definition) is 2. The molecule has 0 aromatic carbocycles. The van der Waals surface area contributed by atoms with Gasteiger partial charge in [-0.05, 0) is 55.5 Å². The smallest absolute Gasteiger partial charge is 0.255 e. The summed E-state index contributed by atoms with van der Waals surface area (Å²) >= 11 is 1.68. The number of ketones is 1. The van der Waals surface area contributed by atoms with E-state index in [0.29, 0.717) is 23.4 Å². The molecule has 33 heavy (non-hydrogen) atoms. The first-order valence-corrected chi connectivity index (χ1v) is 11.8. The maximum atomic E-state index is 13.5. The lowest BCUT2D eigenvalue weighted by Gasteiger charge is -2.36. The summed E-state index contributed by atoms with van der Waals surface area (Å²) in [6.45, 7) is 3.77. The first-order chi connectivity index (χ1) is 16.0. The van der Waals surface area contributed by atoms with Gasteiger partial charge in [-0.1, -0.05) is 18.2 Å². The van der Waals surface area contributed by atoms with Crippen LogP contribution < -0.4 is 10.6 Å². The Balaban J connectivity index is 1.55. The van der Waals surface area contributed by atoms with Crippen molar-refractivity contribution in [2.45, 2.75) is 38.5 Å². The number of aromatic nitrogens is 2. The van der Waals surface area contributed by atoms with E-state index in [1.54, 1.807) is 29.8 Å². The molecule has 4 heterocycles. The lowest BCUT2D eigenvalue weighted by Crippen LogP contribution is -2.37. The van der Waals surface area contributed by atoms with Gasteiger partial charge >= 0.3 is 0 Å². The van der Waals surface area contributed by atoms with E-state index in [9.17, 15) is 9.59 Å². The summed E-state index contributed by atoms with van der Waals surface area (Å²) in [6, 6.07) is 13.4. The molecule has 0 spiro atoms. The van der Waals surface area contributed by atoms with Gasteiger partial charge in [0, 0.05) is 63.8 Å². The van der Waals surface area contributed by atoms with Crippen molar-refractivity contribution in [2.75, 3.05) is 5.32 Å². The monoisotopic (exact) mass is 456 g/mol. The standard InChI is InChI=1S/C26H24N4O2S/c1-15-6-3-9-22(28-15)30-26(32)23-16(2)29-19-12-18(21-8-5-11-33-21)13-20(31)25(19)24(23)17-7-4-10-27-14-17/h3-11,14,18,24,29H,12-13H2,1-2H3,(H,28,30,32)/t18-,24+/m0/s1. The second-order valence-electron chi connectivity index (χ2n) is 8.44. The predicted molar refractivity (Wildman–Crippen MR) is 129 cm³/mol. The highest BCUT2D eigenvalue weighted by Gasteiger charge is 2.41. The van der Waals surface area contributed by atoms with Crippen LogP contribution >= 0.6 is 11.3 Å². The van der Waals surface area contributed by atoms with E-state index < -0.39 is 5.92 Å². The summed E-state index contributed by atoms with van der Waals surface area (Å²) in [5.74, 6) is -0.0403. The number of carbonyl (C=O) groups is 2. The topological polar surface area (TPSA) is 84.0 Å². The van der Waals surface area contributed by atoms with Crippen LogP contribution in [-0.4, -0.2) is 21.7 Å². The van der Waals surface area contributed by atoms with Gasteiger partial charge in [-0.3, -0.25) is 14.6 Å². The van der Waals surface area contributed by atoms with Crippen LogP contribution in [0.15, 0.2) is 82.8 Å². The quantitative estimate of drug-likeness (QED) is 0.587. The highest BCUT2D eigenvalue weighted by atomic mass is 32.1. The molecule has 3 aromatic rings. The van der Waals surface area contributed by atoms with Crippen LogP contribution in [0.25, 0.3) is 0 Å². The molecule has 2 N–H and O–H groups in total. The summed E-state index contributed by atoms with van der Waals surface area (Å²) in [5, 5.41) is 8.38. The van der Waals surface area contributed by atoms with Crippen molar-refractivity contribution in [3.63, 3.8) is 0 Å². The number of rotatable bonds is 4. The van der Waals surface area contributed by atoms with Crippen LogP contribution in [-0.2, 0) is 9.59 Å². The first-order valence-electron chi connectivity index (χ1n) is 10.9. The third kappa shape index (κ3) is 4.12. The lowest BCUT2D eigenvalue weighted by atomic mass is 9.73. The van der Waals surface area contributed by atoms with Crippen molar-refractivity contribution < 1.29 is 9.59 Å². The minimum Gasteiger partial charge on any atom is -0.362 e. The summed E-state index contributed by atoms with van der Waals surface area (Å²) in [6.07, 6.45) is 4.61. The Bertz CT molecular complexity index is 1280. The van der Waals surface area contributed by atoms with E-state index in [0.717, 1.165) is 29.1 Å². The van der Waals surface area contributed by atoms with E-state index in [1.165, 1.54) is 4.88 Å². The number of Topliss-reactive ketones (excluding diaryl/α,β-unsaturated/α-hetero) is 1. The first kappa shape index (κ1) is 21.3. The Kier molecular flexibility index (Phi) is 5.64. The normalized spacial score (nSPS) is 20.4. The number of thiophene rings is 1. The number of amides is 1. The van der Waals surface area contributed by atoms with Crippen molar-refractivity contribution in [1.29, 1.82) is 0 Å². The number of nitrogens with zero attached hydrogens (tertiary/aromatic N) is 2. The molecule has 3 aromatic heterocycles. The third-order valence-corrected chi connectivity index (χ3v) is 7.20. The van der Waals surface area contributed by atoms with Crippen LogP contribution in [0.1, 0.15) is 47.7 Å². The number of hydrogen-bond acceptors (Lipinski definition) is 6. The predicted octanol–water partition coefficient (Wildman–Crippen LogP) is 4.85. The van der Waals surface area contributed by atoms with E-state index in [4.69, 9.17) is 0 Å². The molecule has 6 nitrogen and oxygen atoms in total. The molecule has 5 rings (SSSR count). The van der Waals surface area contributed by atoms with Crippen LogP contribution in [0.3, 0.4) is 0 Å². The zero-order valence-corrected chi connectivity index (χ0v) is 19.3. The number of carbonyl (C=O) groups excluding carboxylic acids is 2. The zero-order chi connectivity index (χ0) is 22.9. The molecule has 0 unspecified atom stereocenters. The molecule has 1 aliphatic heterocycles. The number of nitrogens with one attached hydrogen (secondary N) is 2. The van der Waals surface area contributed by atoms with Gasteiger partial charge in [-0.25, -0.2) is 4.98 Å². The Hall–Kier alpha value is -3.58. The molecule has 2 atom stereocenters. The molecule has 7 heteroatoms. The van der Waals surface area contributed by atoms with Gasteiger partial charge in [-0.15, -0.1) is 11.3 Å². The van der Waals surface area contributed by atoms with Crippen molar-refractivity contribution in [2.24, 2.45) is 0 Å². The van der Waals surface area contributed by atoms with E-state index in [2.05, 4.69) is 26.7 Å². The van der Waals surface area contributed by atoms with Crippen LogP contribution in [0.2, 0.25) is 0 Å². The fourth-order valence-corrected chi connectivity index (χ4v) is 5.57. The van der Waals surface area contributed by atoms with Crippen LogP contribution in [0.4, 0.5) is 5.82 Å². The number of pyridine rings is 2. The van der Waals surface area contributed by atoms with Crippen LogP contribution in [0, 0.1) is 6.92 Å². The highest BCUT2D eigenvalue weighted by molar-refractivity contribution is 7.10. The fraction of sp³-hybridized carbons (Fsp3) is 0.231. The van der Waals surface area contributed by atoms with Gasteiger partial charge in [0.15, 0.2) is 5.78 Å². The Labute approximate surface area is 196 Å². The molecule has 166 valence electrons. The molecule has 0 saturated carbocycles. The average Bonchev–Trinajstić information content (AvgIpc) is 3.33. The SMILES string of the molecule is CC1=C(C(=O)Nc2cccc(C)n2)[C@@H](c2cccnc2)C2=C(C[C@H](c3cccs3)CC2=O)N1. The molecular weight excluding hydrogens is 432 g/mol. The second kappa shape index (κ2) is 8.75. The van der Waals surface area contributed by atoms with E-state index in [-0.39, 0.29) is 17.6 Å². The minimum absolute atomic E-state index is 0.0717. The summed E-state index contributed by atoms with van der Waals surface area (Å²) < 4.78 is 0. The number of dihydropyridines is 1. The number of aryl methyl sites for hydroxylation is 1. The molecule has 2 aliphatic rings. The van der Waals surface area contributed by atoms with Crippen molar-refractivity contribution in [1.82, 2.24) is 15.3 Å². The largest absolute Gasteiger partial charge is 0.362 e. The van der Waals surface area contributed by atoms with Crippen molar-refractivity contribution >= 4 is 28.8 Å². The lowest BCUT2D eigenvalue weighted by molar-refractivity contribution is -0.116. The Morgan fingerprint density at radius 3 is 2.73 bits per heavy atom. The van der Waals surface area contributed by atoms with Gasteiger partial charge in [0.1, 0.15) is 5.82 Å². The maximum Gasteiger partial charge on any atom is 0.255 e. The van der Waals surface area contributed by atoms with Crippen LogP contribution in [0.5, 0.6) is 0 Å². The van der Waals surface area contributed by atoms with Gasteiger partial charge < -0.3 is 10.6 Å². The van der Waals surface area contributed by atoms with Gasteiger partial charge in [0.05, 0.1) is 0 Å². The Morgan fingerprint density at radius 1 is 1.12 bits per heavy atom. The molecular formula is C26H24N4O2S. The zero-order valence-electron chi connectivity index (χ0n) is 18.5. The third-order valence-electron chi connectivity index (χ3n) is 6.17. The molecule has 0 radical (unpaired) electrons. The number of allylic oxidation sites excluding steroid dienone is 3. The second-order valence-corrected chi connectivity index (χ2v) is 9.42. The molecule has 1 aliphatic carbocycles. The van der Waals surface area contributed by atoms with Gasteiger partial charge in [0.25, 0.3) is 5.91 Å². The van der Waals surface area contributed by atoms with Crippen molar-refractivity contribution in [3.8, 4) is 0 Å². The molecule has 1 amide bonds. The summed E-state index contributed by atoms with van der Waals surface area (Å²) in [7, 11) is 0. The van der Waals surface area contributed by atoms with E-state index in [1.807, 2.05) is 49.6 Å². The van der Waals surface area contributed by atoms with Gasteiger partial charge in [0.2, 0.25) is 0 Å². The fourth-order valence-electron chi connectivity index (χ4n) is 4.74. The van der Waals surface area contributed by atoms with Crippen molar-refractivity contribution in [3.05, 3.63) is 98.9 Å². The number of anilines is 1. The summed E-state index contributed by atoms with van der Waals surface area (Å²) in [4.78, 5) is 36.9. The minimum atomic E-state index is -0.475. The maximum absolute atomic E-state index is 13.5. The van der Waals surface area contributed by atoms with E-state index >= 15 is 0 Å². The molecule has 0 saturated heterocycles. The Morgan fingerprint density at radius 2 is 2.00 bits per heavy atom. The van der Waals surface area contributed by atoms with Gasteiger partial charge in [-0.2, -0.15) is 0 Å². The highest BCUT2D eigenvalue weighted by Crippen LogP contribution is 2.46.